The van der Waals surface area contributed by atoms with Gasteiger partial charge < -0.3 is 24.6 Å². The van der Waals surface area contributed by atoms with Gasteiger partial charge in [-0.2, -0.15) is 26.3 Å². The smallest absolute Gasteiger partial charge is 0.475 e. The molecule has 2 saturated heterocycles. The van der Waals surface area contributed by atoms with Crippen LogP contribution in [-0.4, -0.2) is 107 Å². The van der Waals surface area contributed by atoms with Crippen LogP contribution in [-0.2, 0) is 25.6 Å². The predicted octanol–water partition coefficient (Wildman–Crippen LogP) is 3.44. The molecule has 15 heteroatoms. The molecule has 1 aromatic heterocycles. The number of rotatable bonds is 5. The lowest BCUT2D eigenvalue weighted by Gasteiger charge is -2.33. The van der Waals surface area contributed by atoms with Crippen LogP contribution in [0.25, 0.3) is 0 Å². The molecule has 2 N–H and O–H groups in total. The van der Waals surface area contributed by atoms with Crippen LogP contribution in [0.1, 0.15) is 32.3 Å². The highest BCUT2D eigenvalue weighted by Crippen LogP contribution is 2.34. The number of carboxylic acids is 2. The van der Waals surface area contributed by atoms with Gasteiger partial charge in [0.05, 0.1) is 19.3 Å². The van der Waals surface area contributed by atoms with Crippen LogP contribution in [0.15, 0.2) is 24.5 Å². The van der Waals surface area contributed by atoms with Crippen LogP contribution >= 0.6 is 0 Å². The fourth-order valence-corrected chi connectivity index (χ4v) is 3.64. The summed E-state index contributed by atoms with van der Waals surface area (Å²) in [5, 5.41) is 14.2. The highest BCUT2D eigenvalue weighted by Gasteiger charge is 2.43. The fourth-order valence-electron chi connectivity index (χ4n) is 3.64. The molecule has 0 bridgehead atoms. The molecule has 2 aliphatic rings. The largest absolute Gasteiger partial charge is 0.490 e. The van der Waals surface area contributed by atoms with Gasteiger partial charge in [0.1, 0.15) is 5.60 Å². The van der Waals surface area contributed by atoms with Crippen molar-refractivity contribution in [1.29, 1.82) is 0 Å². The van der Waals surface area contributed by atoms with Gasteiger partial charge in [-0.3, -0.25) is 9.88 Å². The molecule has 2 aliphatic heterocycles. The van der Waals surface area contributed by atoms with Crippen LogP contribution in [0.4, 0.5) is 26.3 Å². The van der Waals surface area contributed by atoms with E-state index in [0.29, 0.717) is 12.1 Å². The summed E-state index contributed by atoms with van der Waals surface area (Å²) in [7, 11) is 2.18. The van der Waals surface area contributed by atoms with Crippen molar-refractivity contribution in [2.45, 2.75) is 63.3 Å². The Bertz CT molecular complexity index is 847. The topological polar surface area (TPSA) is 112 Å². The Morgan fingerprint density at radius 1 is 1.13 bits per heavy atom. The third-order valence-corrected chi connectivity index (χ3v) is 5.78. The molecule has 1 spiro atoms. The van der Waals surface area contributed by atoms with Crippen molar-refractivity contribution in [3.05, 3.63) is 30.1 Å². The van der Waals surface area contributed by atoms with Crippen molar-refractivity contribution in [3.8, 4) is 0 Å². The summed E-state index contributed by atoms with van der Waals surface area (Å²) >= 11 is 0. The van der Waals surface area contributed by atoms with E-state index in [0.717, 1.165) is 52.2 Å². The predicted molar refractivity (Wildman–Crippen MR) is 122 cm³/mol. The first-order valence-electron chi connectivity index (χ1n) is 11.6. The van der Waals surface area contributed by atoms with E-state index in [1.165, 1.54) is 5.56 Å². The van der Waals surface area contributed by atoms with Gasteiger partial charge in [-0.25, -0.2) is 9.59 Å². The minimum atomic E-state index is -5.08. The van der Waals surface area contributed by atoms with Crippen molar-refractivity contribution in [2.24, 2.45) is 0 Å². The SMILES string of the molecule is CC(C)N(C)CC1CCC2(COCCN(Cc3ccncc3)C2)O1.O=C(O)C(F)(F)F.O=C(O)C(F)(F)F. The molecule has 0 aliphatic carbocycles. The summed E-state index contributed by atoms with van der Waals surface area (Å²) in [6.07, 6.45) is -3.89. The zero-order chi connectivity index (χ0) is 29.1. The molecule has 9 nitrogen and oxygen atoms in total. The Labute approximate surface area is 216 Å². The molecule has 0 saturated carbocycles. The maximum atomic E-state index is 10.6. The number of aliphatic carboxylic acids is 2. The number of carboxylic acid groups (broad SMARTS) is 2. The first-order chi connectivity index (χ1) is 17.4. The van der Waals surface area contributed by atoms with Crippen LogP contribution < -0.4 is 0 Å². The lowest BCUT2D eigenvalue weighted by molar-refractivity contribution is -0.193. The highest BCUT2D eigenvalue weighted by atomic mass is 19.4. The average molecular weight is 562 g/mol. The molecule has 3 heterocycles. The zero-order valence-electron chi connectivity index (χ0n) is 21.3. The van der Waals surface area contributed by atoms with Gasteiger partial charge in [-0.05, 0) is 51.4 Å². The van der Waals surface area contributed by atoms with Gasteiger partial charge in [0.25, 0.3) is 0 Å². The molecule has 0 amide bonds. The monoisotopic (exact) mass is 561 g/mol. The fraction of sp³-hybridized carbons (Fsp3) is 0.696. The quantitative estimate of drug-likeness (QED) is 0.522. The molecule has 0 radical (unpaired) electrons. The maximum Gasteiger partial charge on any atom is 0.490 e. The molecule has 3 rings (SSSR count). The van der Waals surface area contributed by atoms with Gasteiger partial charge >= 0.3 is 24.3 Å². The van der Waals surface area contributed by atoms with Gasteiger partial charge in [-0.1, -0.05) is 0 Å². The summed E-state index contributed by atoms with van der Waals surface area (Å²) in [6, 6.07) is 4.74. The Balaban J connectivity index is 0.000000426. The number of alkyl halides is 6. The normalized spacial score (nSPS) is 22.3. The van der Waals surface area contributed by atoms with Crippen LogP contribution in [0.2, 0.25) is 0 Å². The second kappa shape index (κ2) is 14.6. The number of ether oxygens (including phenoxy) is 2. The molecule has 0 aromatic carbocycles. The number of likely N-dealkylation sites (N-methyl/N-ethyl adjacent to an activating group) is 1. The van der Waals surface area contributed by atoms with Crippen LogP contribution in [0.5, 0.6) is 0 Å². The van der Waals surface area contributed by atoms with E-state index in [1.807, 2.05) is 12.4 Å². The third kappa shape index (κ3) is 12.4. The Morgan fingerprint density at radius 3 is 2.13 bits per heavy atom. The maximum absolute atomic E-state index is 10.6. The molecule has 2 atom stereocenters. The molecule has 2 unspecified atom stereocenters. The van der Waals surface area contributed by atoms with Crippen molar-refractivity contribution in [1.82, 2.24) is 14.8 Å². The number of pyridine rings is 1. The summed E-state index contributed by atoms with van der Waals surface area (Å²) in [6.45, 7) is 9.83. The second-order valence-electron chi connectivity index (χ2n) is 9.22. The van der Waals surface area contributed by atoms with Crippen molar-refractivity contribution < 1.29 is 55.6 Å². The van der Waals surface area contributed by atoms with E-state index >= 15 is 0 Å². The Hall–Kier alpha value is -2.49. The third-order valence-electron chi connectivity index (χ3n) is 5.78. The zero-order valence-corrected chi connectivity index (χ0v) is 21.3. The second-order valence-corrected chi connectivity index (χ2v) is 9.22. The van der Waals surface area contributed by atoms with Crippen molar-refractivity contribution >= 4 is 11.9 Å². The van der Waals surface area contributed by atoms with Crippen molar-refractivity contribution in [2.75, 3.05) is 39.9 Å². The number of nitrogens with zero attached hydrogens (tertiary/aromatic N) is 3. The number of carbonyl (C=O) groups is 2. The molecule has 38 heavy (non-hydrogen) atoms. The molecule has 218 valence electrons. The Kier molecular flexibility index (Phi) is 12.9. The van der Waals surface area contributed by atoms with E-state index in [-0.39, 0.29) is 5.60 Å². The number of hydrogen-bond donors (Lipinski definition) is 2. The lowest BCUT2D eigenvalue weighted by Crippen LogP contribution is -2.45. The average Bonchev–Trinajstić information content (AvgIpc) is 3.07. The number of halogens is 6. The van der Waals surface area contributed by atoms with Gasteiger partial charge in [0.15, 0.2) is 0 Å². The minimum absolute atomic E-state index is 0.133. The standard InChI is InChI=1S/C19H31N3O2.2C2HF3O2/c1-16(2)21(3)13-18-4-7-19(24-18)14-22(10-11-23-15-19)12-17-5-8-20-9-6-17;2*3-2(4,5)1(6)7/h5-6,8-9,16,18H,4,7,10-15H2,1-3H3;2*(H,6,7). The van der Waals surface area contributed by atoms with E-state index in [2.05, 4.69) is 47.8 Å². The van der Waals surface area contributed by atoms with Gasteiger partial charge in [0, 0.05) is 44.6 Å². The summed E-state index contributed by atoms with van der Waals surface area (Å²) < 4.78 is 75.9. The van der Waals surface area contributed by atoms with Crippen molar-refractivity contribution in [3.63, 3.8) is 0 Å². The Morgan fingerprint density at radius 2 is 1.66 bits per heavy atom. The van der Waals surface area contributed by atoms with E-state index < -0.39 is 24.3 Å². The summed E-state index contributed by atoms with van der Waals surface area (Å²) in [4.78, 5) is 26.7. The molecular formula is C23H33F6N3O6. The minimum Gasteiger partial charge on any atom is -0.475 e. The first-order valence-corrected chi connectivity index (χ1v) is 11.6. The highest BCUT2D eigenvalue weighted by molar-refractivity contribution is 5.73. The van der Waals surface area contributed by atoms with Crippen LogP contribution in [0.3, 0.4) is 0 Å². The van der Waals surface area contributed by atoms with Gasteiger partial charge in [-0.15, -0.1) is 0 Å². The molecular weight excluding hydrogens is 528 g/mol. The summed E-state index contributed by atoms with van der Waals surface area (Å²) in [5.74, 6) is -5.51. The molecule has 2 fully saturated rings. The number of aromatic nitrogens is 1. The number of hydrogen-bond acceptors (Lipinski definition) is 7. The van der Waals surface area contributed by atoms with E-state index in [9.17, 15) is 26.3 Å². The summed E-state index contributed by atoms with van der Waals surface area (Å²) in [5.41, 5.74) is 1.17. The molecule has 1 aromatic rings. The van der Waals surface area contributed by atoms with E-state index in [1.54, 1.807) is 0 Å². The van der Waals surface area contributed by atoms with Gasteiger partial charge in [0.2, 0.25) is 0 Å². The van der Waals surface area contributed by atoms with Crippen LogP contribution in [0, 0.1) is 0 Å². The van der Waals surface area contributed by atoms with E-state index in [4.69, 9.17) is 29.3 Å². The first kappa shape index (κ1) is 33.5. The lowest BCUT2D eigenvalue weighted by atomic mass is 9.99.